The summed E-state index contributed by atoms with van der Waals surface area (Å²) >= 11 is 0. The van der Waals surface area contributed by atoms with Crippen molar-refractivity contribution in [1.82, 2.24) is 15.5 Å². The summed E-state index contributed by atoms with van der Waals surface area (Å²) in [5, 5.41) is 15.6. The number of aromatic hydroxyl groups is 1. The molecule has 0 saturated heterocycles. The summed E-state index contributed by atoms with van der Waals surface area (Å²) in [5.41, 5.74) is 1.25. The summed E-state index contributed by atoms with van der Waals surface area (Å²) in [6, 6.07) is 11.5. The molecule has 0 aliphatic rings. The van der Waals surface area contributed by atoms with Gasteiger partial charge in [-0.15, -0.1) is 6.42 Å². The molecule has 0 saturated carbocycles. The van der Waals surface area contributed by atoms with E-state index in [4.69, 9.17) is 11.2 Å². The average molecular weight is 578 g/mol. The maximum absolute atomic E-state index is 14.5. The summed E-state index contributed by atoms with van der Waals surface area (Å²) in [4.78, 5) is 42.8. The Kier molecular flexibility index (Phi) is 13.4. The van der Waals surface area contributed by atoms with E-state index in [2.05, 4.69) is 30.4 Å². The van der Waals surface area contributed by atoms with E-state index < -0.39 is 29.7 Å². The zero-order valence-corrected chi connectivity index (χ0v) is 25.9. The van der Waals surface area contributed by atoms with E-state index in [9.17, 15) is 19.5 Å². The van der Waals surface area contributed by atoms with Crippen LogP contribution in [-0.2, 0) is 20.7 Å². The highest BCUT2D eigenvalue weighted by molar-refractivity contribution is 5.92. The Balaban J connectivity index is 2.58. The number of amides is 3. The van der Waals surface area contributed by atoms with Crippen LogP contribution in [0.1, 0.15) is 96.4 Å². The Labute approximate surface area is 251 Å². The largest absolute Gasteiger partial charge is 0.508 e. The van der Waals surface area contributed by atoms with Gasteiger partial charge >= 0.3 is 6.09 Å². The number of carbonyl (C=O) groups is 3. The number of phenolic OH excluding ortho intramolecular Hbond substituents is 1. The van der Waals surface area contributed by atoms with Crippen LogP contribution >= 0.6 is 0 Å². The molecule has 2 aromatic rings. The van der Waals surface area contributed by atoms with E-state index in [1.807, 2.05) is 6.92 Å². The van der Waals surface area contributed by atoms with Crippen LogP contribution in [0.4, 0.5) is 4.79 Å². The molecule has 0 heterocycles. The second kappa shape index (κ2) is 16.5. The molecule has 3 N–H and O–H groups in total. The lowest BCUT2D eigenvalue weighted by molar-refractivity contribution is -0.142. The molecule has 0 radical (unpaired) electrons. The summed E-state index contributed by atoms with van der Waals surface area (Å²) in [6.07, 6.45) is 9.14. The molecule has 42 heavy (non-hydrogen) atoms. The van der Waals surface area contributed by atoms with Crippen LogP contribution in [0, 0.1) is 12.3 Å². The van der Waals surface area contributed by atoms with Gasteiger partial charge in [0.05, 0.1) is 0 Å². The lowest BCUT2D eigenvalue weighted by Crippen LogP contribution is -2.54. The molecule has 3 unspecified atom stereocenters. The third kappa shape index (κ3) is 11.1. The normalized spacial score (nSPS) is 13.3. The molecule has 228 valence electrons. The second-order valence-electron chi connectivity index (χ2n) is 11.7. The van der Waals surface area contributed by atoms with Crippen molar-refractivity contribution >= 4 is 17.9 Å². The summed E-state index contributed by atoms with van der Waals surface area (Å²) in [5.74, 6) is 1.98. The number of phenols is 1. The predicted molar refractivity (Wildman–Crippen MR) is 166 cm³/mol. The number of unbranched alkanes of at least 4 members (excludes halogenated alkanes) is 2. The number of hydrogen-bond acceptors (Lipinski definition) is 5. The number of ether oxygens (including phenoxy) is 1. The van der Waals surface area contributed by atoms with Crippen molar-refractivity contribution < 1.29 is 24.2 Å². The van der Waals surface area contributed by atoms with Gasteiger partial charge in [-0.05, 0) is 75.9 Å². The smallest absolute Gasteiger partial charge is 0.408 e. The number of nitrogens with one attached hydrogen (secondary N) is 2. The summed E-state index contributed by atoms with van der Waals surface area (Å²) in [7, 11) is 0. The van der Waals surface area contributed by atoms with Gasteiger partial charge in [-0.3, -0.25) is 9.59 Å². The van der Waals surface area contributed by atoms with Gasteiger partial charge in [-0.25, -0.2) is 4.79 Å². The number of benzene rings is 2. The van der Waals surface area contributed by atoms with Crippen LogP contribution in [0.3, 0.4) is 0 Å². The Morgan fingerprint density at radius 1 is 0.976 bits per heavy atom. The lowest BCUT2D eigenvalue weighted by atomic mass is 9.98. The van der Waals surface area contributed by atoms with Crippen molar-refractivity contribution in [1.29, 1.82) is 0 Å². The number of rotatable bonds is 14. The SMILES string of the molecule is C#Cc1ccc(C(C(=O)NC(C)CCC)N(CCCCC)C(=O)C(Cc2ccc(O)cc2)NC(=O)OC(C)(C)C)cc1. The van der Waals surface area contributed by atoms with Crippen LogP contribution in [0.5, 0.6) is 5.75 Å². The molecule has 3 atom stereocenters. The molecule has 2 aromatic carbocycles. The zero-order chi connectivity index (χ0) is 31.3. The van der Waals surface area contributed by atoms with E-state index in [-0.39, 0.29) is 24.1 Å². The van der Waals surface area contributed by atoms with E-state index in [0.29, 0.717) is 24.1 Å². The van der Waals surface area contributed by atoms with Crippen molar-refractivity contribution in [3.63, 3.8) is 0 Å². The zero-order valence-electron chi connectivity index (χ0n) is 25.9. The van der Waals surface area contributed by atoms with E-state index in [1.165, 1.54) is 12.1 Å². The number of nitrogens with zero attached hydrogens (tertiary/aromatic N) is 1. The fourth-order valence-electron chi connectivity index (χ4n) is 4.68. The van der Waals surface area contributed by atoms with Gasteiger partial charge in [0.15, 0.2) is 0 Å². The number of carbonyl (C=O) groups excluding carboxylic acids is 3. The van der Waals surface area contributed by atoms with Crippen LogP contribution in [0.25, 0.3) is 0 Å². The van der Waals surface area contributed by atoms with Gasteiger partial charge in [-0.1, -0.05) is 63.3 Å². The van der Waals surface area contributed by atoms with E-state index >= 15 is 0 Å². The fraction of sp³-hybridized carbons (Fsp3) is 0.500. The van der Waals surface area contributed by atoms with Gasteiger partial charge in [0.2, 0.25) is 11.8 Å². The Hall–Kier alpha value is -3.99. The molecule has 0 aliphatic carbocycles. The first-order chi connectivity index (χ1) is 19.9. The highest BCUT2D eigenvalue weighted by atomic mass is 16.6. The Morgan fingerprint density at radius 3 is 2.17 bits per heavy atom. The minimum atomic E-state index is -1.03. The maximum Gasteiger partial charge on any atom is 0.408 e. The second-order valence-corrected chi connectivity index (χ2v) is 11.7. The van der Waals surface area contributed by atoms with E-state index in [1.54, 1.807) is 62.1 Å². The standard InChI is InChI=1S/C34H47N3O5/c1-8-11-12-22-37(30(31(39)35-24(4)13-9-2)27-18-14-25(10-3)15-19-27)32(40)29(36-33(41)42-34(5,6)7)23-26-16-20-28(38)21-17-26/h3,14-21,24,29-30,38H,8-9,11-13,22-23H2,1-2,4-7H3,(H,35,39)(H,36,41). The summed E-state index contributed by atoms with van der Waals surface area (Å²) < 4.78 is 5.49. The van der Waals surface area contributed by atoms with Crippen molar-refractivity contribution in [3.05, 3.63) is 65.2 Å². The molecular formula is C34H47N3O5. The quantitative estimate of drug-likeness (QED) is 0.192. The van der Waals surface area contributed by atoms with Crippen LogP contribution < -0.4 is 10.6 Å². The minimum absolute atomic E-state index is 0.0877. The Bertz CT molecular complexity index is 1200. The van der Waals surface area contributed by atoms with Crippen molar-refractivity contribution in [2.24, 2.45) is 0 Å². The van der Waals surface area contributed by atoms with Gasteiger partial charge < -0.3 is 25.4 Å². The molecule has 0 fully saturated rings. The molecule has 0 aromatic heterocycles. The third-order valence-corrected chi connectivity index (χ3v) is 6.71. The summed E-state index contributed by atoms with van der Waals surface area (Å²) in [6.45, 7) is 11.6. The lowest BCUT2D eigenvalue weighted by Gasteiger charge is -2.35. The molecule has 0 aliphatic heterocycles. The maximum atomic E-state index is 14.5. The van der Waals surface area contributed by atoms with Crippen molar-refractivity contribution in [3.8, 4) is 18.1 Å². The minimum Gasteiger partial charge on any atom is -0.508 e. The molecule has 2 rings (SSSR count). The third-order valence-electron chi connectivity index (χ3n) is 6.71. The molecule has 0 bridgehead atoms. The average Bonchev–Trinajstić information content (AvgIpc) is 2.92. The Morgan fingerprint density at radius 2 is 1.62 bits per heavy atom. The molecule has 3 amide bonds. The monoisotopic (exact) mass is 577 g/mol. The number of hydrogen-bond donors (Lipinski definition) is 3. The first kappa shape index (κ1) is 34.2. The van der Waals surface area contributed by atoms with Gasteiger partial charge in [0.25, 0.3) is 0 Å². The first-order valence-corrected chi connectivity index (χ1v) is 14.8. The molecule has 8 heteroatoms. The number of alkyl carbamates (subject to hydrolysis) is 1. The van der Waals surface area contributed by atoms with Gasteiger partial charge in [-0.2, -0.15) is 0 Å². The van der Waals surface area contributed by atoms with E-state index in [0.717, 1.165) is 31.2 Å². The highest BCUT2D eigenvalue weighted by Crippen LogP contribution is 2.25. The van der Waals surface area contributed by atoms with Crippen molar-refractivity contribution in [2.45, 2.75) is 104 Å². The van der Waals surface area contributed by atoms with Gasteiger partial charge in [0.1, 0.15) is 23.4 Å². The first-order valence-electron chi connectivity index (χ1n) is 14.8. The van der Waals surface area contributed by atoms with Gasteiger partial charge in [0, 0.05) is 24.6 Å². The van der Waals surface area contributed by atoms with Crippen molar-refractivity contribution in [2.75, 3.05) is 6.54 Å². The fourth-order valence-corrected chi connectivity index (χ4v) is 4.68. The predicted octanol–water partition coefficient (Wildman–Crippen LogP) is 5.87. The molecule has 0 spiro atoms. The van der Waals surface area contributed by atoms with Crippen LogP contribution in [0.15, 0.2) is 48.5 Å². The molecule has 8 nitrogen and oxygen atoms in total. The highest BCUT2D eigenvalue weighted by Gasteiger charge is 2.36. The topological polar surface area (TPSA) is 108 Å². The number of terminal acetylenes is 1. The van der Waals surface area contributed by atoms with Crippen LogP contribution in [0.2, 0.25) is 0 Å². The van der Waals surface area contributed by atoms with Crippen LogP contribution in [-0.4, -0.2) is 52.1 Å². The molecular weight excluding hydrogens is 530 g/mol.